The number of hydrogen-bond donors (Lipinski definition) is 2. The van der Waals surface area contributed by atoms with Gasteiger partial charge >= 0.3 is 0 Å². The quantitative estimate of drug-likeness (QED) is 0.631. The molecule has 0 spiro atoms. The Hall–Kier alpha value is -1.77. The van der Waals surface area contributed by atoms with E-state index in [1.165, 1.54) is 0 Å². The molecule has 18 heavy (non-hydrogen) atoms. The summed E-state index contributed by atoms with van der Waals surface area (Å²) in [6.45, 7) is 0. The van der Waals surface area contributed by atoms with Gasteiger partial charge in [0.2, 0.25) is 5.91 Å². The monoisotopic (exact) mass is 244 g/mol. The molecule has 3 nitrogen and oxygen atoms in total. The molecule has 2 rings (SSSR count). The van der Waals surface area contributed by atoms with Gasteiger partial charge in [0.25, 0.3) is 0 Å². The molecule has 1 amide bonds. The summed E-state index contributed by atoms with van der Waals surface area (Å²) in [6.07, 6.45) is 8.74. The van der Waals surface area contributed by atoms with E-state index < -0.39 is 0 Å². The topological polar surface area (TPSA) is 55.1 Å². The van der Waals surface area contributed by atoms with E-state index in [-0.39, 0.29) is 5.91 Å². The van der Waals surface area contributed by atoms with Crippen LogP contribution >= 0.6 is 0 Å². The van der Waals surface area contributed by atoms with Crippen LogP contribution in [0, 0.1) is 0 Å². The number of carbonyl (C=O) groups excluding carboxylic acids is 1. The van der Waals surface area contributed by atoms with E-state index in [1.54, 1.807) is 0 Å². The first kappa shape index (κ1) is 12.7. The van der Waals surface area contributed by atoms with Crippen LogP contribution in [0.3, 0.4) is 0 Å². The third-order valence-corrected chi connectivity index (χ3v) is 3.25. The molecule has 0 heterocycles. The van der Waals surface area contributed by atoms with E-state index >= 15 is 0 Å². The van der Waals surface area contributed by atoms with Gasteiger partial charge in [-0.1, -0.05) is 24.3 Å². The Bertz CT molecular complexity index is 423. The lowest BCUT2D eigenvalue weighted by atomic mass is 10.0. The average molecular weight is 244 g/mol. The molecule has 0 fully saturated rings. The van der Waals surface area contributed by atoms with Crippen molar-refractivity contribution in [2.24, 2.45) is 0 Å². The fourth-order valence-electron chi connectivity index (χ4n) is 2.17. The molecule has 0 aliphatic heterocycles. The van der Waals surface area contributed by atoms with Crippen molar-refractivity contribution in [2.45, 2.75) is 38.1 Å². The fourth-order valence-corrected chi connectivity index (χ4v) is 2.17. The third-order valence-electron chi connectivity index (χ3n) is 3.25. The Labute approximate surface area is 108 Å². The predicted octanol–water partition coefficient (Wildman–Crippen LogP) is 2.43. The zero-order valence-corrected chi connectivity index (χ0v) is 10.6. The van der Waals surface area contributed by atoms with Crippen molar-refractivity contribution >= 4 is 11.6 Å². The normalized spacial score (nSPS) is 18.6. The van der Waals surface area contributed by atoms with Crippen LogP contribution < -0.4 is 11.1 Å². The molecule has 1 unspecified atom stereocenters. The maximum atomic E-state index is 11.8. The van der Waals surface area contributed by atoms with E-state index in [4.69, 9.17) is 5.73 Å². The average Bonchev–Trinajstić information content (AvgIpc) is 2.39. The van der Waals surface area contributed by atoms with Crippen molar-refractivity contribution in [3.8, 4) is 0 Å². The number of amides is 1. The van der Waals surface area contributed by atoms with Crippen molar-refractivity contribution in [2.75, 3.05) is 5.73 Å². The lowest BCUT2D eigenvalue weighted by molar-refractivity contribution is -0.121. The number of benzene rings is 1. The number of anilines is 1. The van der Waals surface area contributed by atoms with Crippen LogP contribution in [0.4, 0.5) is 5.69 Å². The highest BCUT2D eigenvalue weighted by molar-refractivity contribution is 5.76. The van der Waals surface area contributed by atoms with Crippen LogP contribution in [0.5, 0.6) is 0 Å². The summed E-state index contributed by atoms with van der Waals surface area (Å²) in [5.41, 5.74) is 7.54. The molecule has 3 heteroatoms. The van der Waals surface area contributed by atoms with Gasteiger partial charge in [0.15, 0.2) is 0 Å². The second-order valence-corrected chi connectivity index (χ2v) is 4.79. The number of aryl methyl sites for hydroxylation is 1. The summed E-state index contributed by atoms with van der Waals surface area (Å²) >= 11 is 0. The Morgan fingerprint density at radius 2 is 2.06 bits per heavy atom. The molecule has 1 atom stereocenters. The minimum absolute atomic E-state index is 0.145. The summed E-state index contributed by atoms with van der Waals surface area (Å²) in [4.78, 5) is 11.8. The van der Waals surface area contributed by atoms with Gasteiger partial charge in [-0.25, -0.2) is 0 Å². The maximum Gasteiger partial charge on any atom is 0.220 e. The first-order valence-electron chi connectivity index (χ1n) is 6.53. The second kappa shape index (κ2) is 6.24. The molecule has 0 aromatic heterocycles. The minimum Gasteiger partial charge on any atom is -0.399 e. The van der Waals surface area contributed by atoms with Crippen molar-refractivity contribution in [1.29, 1.82) is 0 Å². The van der Waals surface area contributed by atoms with Gasteiger partial charge in [0, 0.05) is 18.2 Å². The largest absolute Gasteiger partial charge is 0.399 e. The highest BCUT2D eigenvalue weighted by Crippen LogP contribution is 2.11. The summed E-state index contributed by atoms with van der Waals surface area (Å²) in [6, 6.07) is 8.03. The van der Waals surface area contributed by atoms with Crippen LogP contribution in [0.15, 0.2) is 36.4 Å². The summed E-state index contributed by atoms with van der Waals surface area (Å²) in [5.74, 6) is 0.145. The standard InChI is InChI=1S/C15H20N2O/c16-13-9-6-12(7-10-13)8-11-15(18)17-14-4-2-1-3-5-14/h1-2,6-7,9-10,14H,3-5,8,11,16H2,(H,17,18). The van der Waals surface area contributed by atoms with E-state index in [9.17, 15) is 4.79 Å². The molecule has 3 N–H and O–H groups in total. The minimum atomic E-state index is 0.145. The van der Waals surface area contributed by atoms with Gasteiger partial charge in [0.1, 0.15) is 0 Å². The number of hydrogen-bond acceptors (Lipinski definition) is 2. The van der Waals surface area contributed by atoms with Gasteiger partial charge in [-0.2, -0.15) is 0 Å². The van der Waals surface area contributed by atoms with Crippen molar-refractivity contribution in [3.63, 3.8) is 0 Å². The van der Waals surface area contributed by atoms with Gasteiger partial charge in [0.05, 0.1) is 0 Å². The molecule has 1 aromatic rings. The zero-order valence-electron chi connectivity index (χ0n) is 10.6. The van der Waals surface area contributed by atoms with Crippen molar-refractivity contribution < 1.29 is 4.79 Å². The molecule has 0 saturated heterocycles. The highest BCUT2D eigenvalue weighted by Gasteiger charge is 2.12. The number of nitrogens with one attached hydrogen (secondary N) is 1. The van der Waals surface area contributed by atoms with Crippen molar-refractivity contribution in [3.05, 3.63) is 42.0 Å². The smallest absolute Gasteiger partial charge is 0.220 e. The molecule has 0 bridgehead atoms. The molecule has 0 radical (unpaired) electrons. The molecule has 1 aliphatic carbocycles. The number of rotatable bonds is 4. The Kier molecular flexibility index (Phi) is 4.40. The second-order valence-electron chi connectivity index (χ2n) is 4.79. The molecule has 1 aliphatic rings. The lowest BCUT2D eigenvalue weighted by Gasteiger charge is -2.19. The van der Waals surface area contributed by atoms with Crippen LogP contribution in [-0.2, 0) is 11.2 Å². The van der Waals surface area contributed by atoms with Gasteiger partial charge < -0.3 is 11.1 Å². The van der Waals surface area contributed by atoms with E-state index in [0.717, 1.165) is 36.9 Å². The third kappa shape index (κ3) is 3.91. The van der Waals surface area contributed by atoms with E-state index in [1.807, 2.05) is 24.3 Å². The van der Waals surface area contributed by atoms with Crippen LogP contribution in [0.1, 0.15) is 31.2 Å². The van der Waals surface area contributed by atoms with Crippen LogP contribution in [0.2, 0.25) is 0 Å². The zero-order chi connectivity index (χ0) is 12.8. The summed E-state index contributed by atoms with van der Waals surface area (Å²) in [5, 5.41) is 3.09. The molecule has 0 saturated carbocycles. The van der Waals surface area contributed by atoms with Gasteiger partial charge in [-0.15, -0.1) is 0 Å². The lowest BCUT2D eigenvalue weighted by Crippen LogP contribution is -2.35. The maximum absolute atomic E-state index is 11.8. The first-order valence-corrected chi connectivity index (χ1v) is 6.53. The predicted molar refractivity (Wildman–Crippen MR) is 74.1 cm³/mol. The van der Waals surface area contributed by atoms with Crippen LogP contribution in [-0.4, -0.2) is 11.9 Å². The fraction of sp³-hybridized carbons (Fsp3) is 0.400. The number of allylic oxidation sites excluding steroid dienone is 1. The summed E-state index contributed by atoms with van der Waals surface area (Å²) in [7, 11) is 0. The molecular weight excluding hydrogens is 224 g/mol. The number of nitrogens with two attached hydrogens (primary N) is 1. The van der Waals surface area contributed by atoms with E-state index in [2.05, 4.69) is 17.5 Å². The SMILES string of the molecule is Nc1ccc(CCC(=O)NC2CC=CCC2)cc1. The van der Waals surface area contributed by atoms with Gasteiger partial charge in [-0.05, 0) is 43.4 Å². The van der Waals surface area contributed by atoms with Gasteiger partial charge in [-0.3, -0.25) is 4.79 Å². The molecule has 1 aromatic carbocycles. The summed E-state index contributed by atoms with van der Waals surface area (Å²) < 4.78 is 0. The Morgan fingerprint density at radius 3 is 2.72 bits per heavy atom. The molecule has 96 valence electrons. The highest BCUT2D eigenvalue weighted by atomic mass is 16.1. The molecular formula is C15H20N2O. The number of carbonyl (C=O) groups is 1. The van der Waals surface area contributed by atoms with Crippen molar-refractivity contribution in [1.82, 2.24) is 5.32 Å². The Morgan fingerprint density at radius 1 is 1.28 bits per heavy atom. The Balaban J connectivity index is 1.74. The van der Waals surface area contributed by atoms with Crippen LogP contribution in [0.25, 0.3) is 0 Å². The number of nitrogen functional groups attached to an aromatic ring is 1. The van der Waals surface area contributed by atoms with E-state index in [0.29, 0.717) is 12.5 Å². The first-order chi connectivity index (χ1) is 8.74.